The molecule has 0 aromatic heterocycles. The summed E-state index contributed by atoms with van der Waals surface area (Å²) in [6.07, 6.45) is 5.38. The van der Waals surface area contributed by atoms with Gasteiger partial charge in [-0.15, -0.1) is 19.1 Å². The normalized spacial score (nSPS) is 9.21. The second-order valence-corrected chi connectivity index (χ2v) is 7.69. The van der Waals surface area contributed by atoms with E-state index in [1.807, 2.05) is 97.1 Å². The molecule has 152 valence electrons. The van der Waals surface area contributed by atoms with E-state index in [0.29, 0.717) is 0 Å². The number of hydrogen-bond donors (Lipinski definition) is 1. The summed E-state index contributed by atoms with van der Waals surface area (Å²) in [6.45, 7) is 0. The molecule has 0 unspecified atom stereocenters. The first-order valence-electron chi connectivity index (χ1n) is 10.3. The maximum absolute atomic E-state index is 5.38. The highest BCUT2D eigenvalue weighted by molar-refractivity contribution is 7.80. The van der Waals surface area contributed by atoms with Gasteiger partial charge in [0.2, 0.25) is 0 Å². The zero-order valence-electron chi connectivity index (χ0n) is 17.8. The summed E-state index contributed by atoms with van der Waals surface area (Å²) in [6, 6.07) is 31.3. The molecule has 0 fully saturated rings. The molecule has 0 aliphatic carbocycles. The summed E-state index contributed by atoms with van der Waals surface area (Å²) < 4.78 is 0. The van der Waals surface area contributed by atoms with Crippen molar-refractivity contribution in [2.75, 3.05) is 0 Å². The van der Waals surface area contributed by atoms with E-state index in [4.69, 9.17) is 6.42 Å². The van der Waals surface area contributed by atoms with Gasteiger partial charge in [0.05, 0.1) is 0 Å². The topological polar surface area (TPSA) is 0 Å². The Bertz CT molecular complexity index is 1480. The molecule has 0 aliphatic rings. The molecule has 0 atom stereocenters. The van der Waals surface area contributed by atoms with E-state index in [-0.39, 0.29) is 0 Å². The quantitative estimate of drug-likeness (QED) is 0.249. The van der Waals surface area contributed by atoms with Gasteiger partial charge in [-0.2, -0.15) is 0 Å². The molecule has 4 rings (SSSR count). The summed E-state index contributed by atoms with van der Waals surface area (Å²) in [5.41, 5.74) is 6.52. The summed E-state index contributed by atoms with van der Waals surface area (Å²) >= 11 is 4.29. The fourth-order valence-electron chi connectivity index (χ4n) is 2.90. The smallest absolute Gasteiger partial charge is 0.0249 e. The lowest BCUT2D eigenvalue weighted by Gasteiger charge is -1.94. The van der Waals surface area contributed by atoms with Crippen molar-refractivity contribution in [3.8, 4) is 47.9 Å². The molecule has 0 saturated heterocycles. The van der Waals surface area contributed by atoms with Crippen LogP contribution in [0, 0.1) is 47.9 Å². The predicted octanol–water partition coefficient (Wildman–Crippen LogP) is 6.16. The van der Waals surface area contributed by atoms with Gasteiger partial charge in [0.1, 0.15) is 0 Å². The maximum atomic E-state index is 5.38. The van der Waals surface area contributed by atoms with Crippen LogP contribution < -0.4 is 0 Å². The SMILES string of the molecule is C#Cc1ccc(C#Cc2ccc(C#Cc3ccc(C#Cc4ccc(S)cc4)cc3)cc2)cc1. The molecule has 1 heteroatoms. The Morgan fingerprint density at radius 3 is 0.818 bits per heavy atom. The Morgan fingerprint density at radius 2 is 0.576 bits per heavy atom. The van der Waals surface area contributed by atoms with Crippen molar-refractivity contribution in [3.05, 3.63) is 136 Å². The molecule has 33 heavy (non-hydrogen) atoms. The van der Waals surface area contributed by atoms with Gasteiger partial charge in [0.25, 0.3) is 0 Å². The van der Waals surface area contributed by atoms with E-state index in [9.17, 15) is 0 Å². The molecule has 4 aromatic carbocycles. The Labute approximate surface area is 201 Å². The third kappa shape index (κ3) is 6.47. The monoisotopic (exact) mass is 434 g/mol. The summed E-state index contributed by atoms with van der Waals surface area (Å²) in [7, 11) is 0. The number of benzene rings is 4. The molecule has 4 aromatic rings. The van der Waals surface area contributed by atoms with E-state index >= 15 is 0 Å². The van der Waals surface area contributed by atoms with E-state index in [1.165, 1.54) is 0 Å². The van der Waals surface area contributed by atoms with Gasteiger partial charge in [-0.05, 0) is 97.1 Å². The fourth-order valence-corrected chi connectivity index (χ4v) is 3.05. The van der Waals surface area contributed by atoms with Crippen LogP contribution in [0.25, 0.3) is 0 Å². The molecule has 0 heterocycles. The molecule has 0 bridgehead atoms. The lowest BCUT2D eigenvalue weighted by atomic mass is 10.1. The first-order valence-corrected chi connectivity index (χ1v) is 10.7. The van der Waals surface area contributed by atoms with Gasteiger partial charge in [-0.25, -0.2) is 0 Å². The van der Waals surface area contributed by atoms with Crippen LogP contribution in [0.15, 0.2) is 102 Å². The van der Waals surface area contributed by atoms with Crippen LogP contribution in [-0.2, 0) is 0 Å². The molecule has 0 spiro atoms. The Kier molecular flexibility index (Phi) is 7.01. The lowest BCUT2D eigenvalue weighted by molar-refractivity contribution is 1.46. The van der Waals surface area contributed by atoms with Gasteiger partial charge in [0, 0.05) is 43.8 Å². The first kappa shape index (κ1) is 21.7. The lowest BCUT2D eigenvalue weighted by Crippen LogP contribution is -1.80. The number of thiol groups is 1. The Morgan fingerprint density at radius 1 is 0.364 bits per heavy atom. The van der Waals surface area contributed by atoms with Gasteiger partial charge >= 0.3 is 0 Å². The van der Waals surface area contributed by atoms with Crippen molar-refractivity contribution in [3.63, 3.8) is 0 Å². The van der Waals surface area contributed by atoms with E-state index in [2.05, 4.69) is 54.1 Å². The van der Waals surface area contributed by atoms with Gasteiger partial charge in [-0.1, -0.05) is 41.4 Å². The number of rotatable bonds is 0. The van der Waals surface area contributed by atoms with Crippen LogP contribution in [0.1, 0.15) is 38.9 Å². The van der Waals surface area contributed by atoms with Crippen molar-refractivity contribution >= 4 is 12.6 Å². The van der Waals surface area contributed by atoms with Crippen LogP contribution in [0.2, 0.25) is 0 Å². The standard InChI is InChI=1S/C32H18S/c1-2-25-3-5-26(6-4-25)7-8-27-9-11-28(12-10-27)13-14-29-15-17-30(18-16-29)19-20-31-21-23-32(33)24-22-31/h1,3-6,9-12,15-18,21-24,33H. The third-order valence-electron chi connectivity index (χ3n) is 4.74. The van der Waals surface area contributed by atoms with Gasteiger partial charge < -0.3 is 0 Å². The maximum Gasteiger partial charge on any atom is 0.0249 e. The second-order valence-electron chi connectivity index (χ2n) is 7.17. The third-order valence-corrected chi connectivity index (χ3v) is 5.04. The molecule has 0 aliphatic heterocycles. The molecule has 0 nitrogen and oxygen atoms in total. The second kappa shape index (κ2) is 10.7. The minimum Gasteiger partial charge on any atom is -0.143 e. The predicted molar refractivity (Wildman–Crippen MR) is 139 cm³/mol. The largest absolute Gasteiger partial charge is 0.143 e. The Hall–Kier alpha value is -4.53. The van der Waals surface area contributed by atoms with Crippen LogP contribution >= 0.6 is 12.6 Å². The van der Waals surface area contributed by atoms with Crippen LogP contribution in [0.5, 0.6) is 0 Å². The fraction of sp³-hybridized carbons (Fsp3) is 0. The minimum atomic E-state index is 0.853. The van der Waals surface area contributed by atoms with Crippen molar-refractivity contribution in [1.29, 1.82) is 0 Å². The molecule has 0 N–H and O–H groups in total. The Balaban J connectivity index is 1.40. The van der Waals surface area contributed by atoms with Crippen molar-refractivity contribution in [2.45, 2.75) is 4.90 Å². The highest BCUT2D eigenvalue weighted by Crippen LogP contribution is 2.08. The van der Waals surface area contributed by atoms with Crippen LogP contribution in [-0.4, -0.2) is 0 Å². The summed E-state index contributed by atoms with van der Waals surface area (Å²) in [5, 5.41) is 0. The van der Waals surface area contributed by atoms with Crippen molar-refractivity contribution < 1.29 is 0 Å². The van der Waals surface area contributed by atoms with Gasteiger partial charge in [0.15, 0.2) is 0 Å². The van der Waals surface area contributed by atoms with E-state index in [1.54, 1.807) is 0 Å². The van der Waals surface area contributed by atoms with Gasteiger partial charge in [-0.3, -0.25) is 0 Å². The van der Waals surface area contributed by atoms with Crippen molar-refractivity contribution in [1.82, 2.24) is 0 Å². The average molecular weight is 435 g/mol. The highest BCUT2D eigenvalue weighted by Gasteiger charge is 1.93. The van der Waals surface area contributed by atoms with Crippen LogP contribution in [0.4, 0.5) is 0 Å². The molecule has 0 saturated carbocycles. The zero-order valence-corrected chi connectivity index (χ0v) is 18.7. The minimum absolute atomic E-state index is 0.853. The molecule has 0 amide bonds. The van der Waals surface area contributed by atoms with E-state index < -0.39 is 0 Å². The van der Waals surface area contributed by atoms with Crippen LogP contribution in [0.3, 0.4) is 0 Å². The molecular weight excluding hydrogens is 416 g/mol. The first-order chi connectivity index (χ1) is 16.2. The highest BCUT2D eigenvalue weighted by atomic mass is 32.1. The number of hydrogen-bond acceptors (Lipinski definition) is 1. The summed E-state index contributed by atoms with van der Waals surface area (Å²) in [5.74, 6) is 21.6. The number of terminal acetylenes is 1. The molecular formula is C32H18S. The van der Waals surface area contributed by atoms with Crippen molar-refractivity contribution in [2.24, 2.45) is 0 Å². The zero-order chi connectivity index (χ0) is 22.9. The average Bonchev–Trinajstić information content (AvgIpc) is 2.87. The van der Waals surface area contributed by atoms with E-state index in [0.717, 1.165) is 43.8 Å². The summed E-state index contributed by atoms with van der Waals surface area (Å²) in [4.78, 5) is 0.929. The molecule has 0 radical (unpaired) electrons.